The summed E-state index contributed by atoms with van der Waals surface area (Å²) in [6.07, 6.45) is 2.42. The van der Waals surface area contributed by atoms with Gasteiger partial charge in [-0.2, -0.15) is 11.8 Å². The molecule has 1 aromatic rings. The van der Waals surface area contributed by atoms with Crippen molar-refractivity contribution in [3.63, 3.8) is 0 Å². The third kappa shape index (κ3) is 6.05. The average Bonchev–Trinajstić information content (AvgIpc) is 3.00. The van der Waals surface area contributed by atoms with Crippen molar-refractivity contribution in [2.45, 2.75) is 50.0 Å². The Morgan fingerprint density at radius 3 is 2.58 bits per heavy atom. The fourth-order valence-corrected chi connectivity index (χ4v) is 4.45. The first-order chi connectivity index (χ1) is 12.5. The molecule has 1 aliphatic rings. The monoisotopic (exact) mass is 379 g/mol. The number of rotatable bonds is 8. The minimum atomic E-state index is -0.358. The number of hydrogen-bond acceptors (Lipinski definition) is 6. The molecule has 26 heavy (non-hydrogen) atoms. The van der Waals surface area contributed by atoms with Gasteiger partial charge in [-0.1, -0.05) is 24.6 Å². The molecule has 7 heteroatoms. The van der Waals surface area contributed by atoms with Crippen molar-refractivity contribution >= 4 is 29.6 Å². The highest BCUT2D eigenvalue weighted by Gasteiger charge is 2.39. The third-order valence-electron chi connectivity index (χ3n) is 4.25. The molecule has 1 heterocycles. The molecule has 1 fully saturated rings. The first-order valence-electron chi connectivity index (χ1n) is 8.73. The van der Waals surface area contributed by atoms with Crippen LogP contribution in [0.2, 0.25) is 0 Å². The molecule has 1 saturated heterocycles. The van der Waals surface area contributed by atoms with Crippen molar-refractivity contribution < 1.29 is 23.9 Å². The van der Waals surface area contributed by atoms with Gasteiger partial charge in [0.25, 0.3) is 5.91 Å². The molecule has 0 bridgehead atoms. The zero-order valence-electron chi connectivity index (χ0n) is 15.1. The van der Waals surface area contributed by atoms with E-state index in [0.29, 0.717) is 17.7 Å². The molecule has 0 radical (unpaired) electrons. The van der Waals surface area contributed by atoms with Crippen molar-refractivity contribution in [3.8, 4) is 0 Å². The molecule has 6 nitrogen and oxygen atoms in total. The van der Waals surface area contributed by atoms with Crippen LogP contribution in [0.25, 0.3) is 0 Å². The fourth-order valence-electron chi connectivity index (χ4n) is 2.96. The maximum atomic E-state index is 12.4. The Morgan fingerprint density at radius 1 is 1.19 bits per heavy atom. The molecule has 1 N–H and O–H groups in total. The predicted octanol–water partition coefficient (Wildman–Crippen LogP) is 2.57. The van der Waals surface area contributed by atoms with Crippen LogP contribution in [-0.4, -0.2) is 48.1 Å². The zero-order valence-corrected chi connectivity index (χ0v) is 15.9. The SMILES string of the molecule is COC(=O)CCCC[C@@H]1SC[C@H](NC(=O)c2ccccc2)[C@@H]1OC(C)=O. The molecule has 0 aromatic heterocycles. The van der Waals surface area contributed by atoms with Crippen molar-refractivity contribution in [2.24, 2.45) is 0 Å². The number of ether oxygens (including phenoxy) is 2. The molecular weight excluding hydrogens is 354 g/mol. The highest BCUT2D eigenvalue weighted by Crippen LogP contribution is 2.33. The molecule has 0 spiro atoms. The van der Waals surface area contributed by atoms with Crippen molar-refractivity contribution in [1.29, 1.82) is 0 Å². The van der Waals surface area contributed by atoms with Gasteiger partial charge in [0.2, 0.25) is 0 Å². The molecule has 1 amide bonds. The van der Waals surface area contributed by atoms with E-state index in [4.69, 9.17) is 4.74 Å². The van der Waals surface area contributed by atoms with Crippen LogP contribution in [0.3, 0.4) is 0 Å². The molecule has 2 rings (SSSR count). The Kier molecular flexibility index (Phi) is 7.97. The predicted molar refractivity (Wildman–Crippen MR) is 100.0 cm³/mol. The number of carbonyl (C=O) groups excluding carboxylic acids is 3. The summed E-state index contributed by atoms with van der Waals surface area (Å²) < 4.78 is 10.1. The number of thioether (sulfide) groups is 1. The Bertz CT molecular complexity index is 622. The highest BCUT2D eigenvalue weighted by molar-refractivity contribution is 8.00. The van der Waals surface area contributed by atoms with E-state index in [1.807, 2.05) is 18.2 Å². The van der Waals surface area contributed by atoms with Gasteiger partial charge in [-0.15, -0.1) is 0 Å². The van der Waals surface area contributed by atoms with Crippen LogP contribution in [0.4, 0.5) is 0 Å². The summed E-state index contributed by atoms with van der Waals surface area (Å²) in [7, 11) is 1.38. The van der Waals surface area contributed by atoms with E-state index < -0.39 is 0 Å². The summed E-state index contributed by atoms with van der Waals surface area (Å²) in [5.74, 6) is -0.0395. The summed E-state index contributed by atoms with van der Waals surface area (Å²) in [5.41, 5.74) is 0.584. The third-order valence-corrected chi connectivity index (χ3v) is 5.74. The van der Waals surface area contributed by atoms with Gasteiger partial charge in [0.05, 0.1) is 13.2 Å². The second-order valence-corrected chi connectivity index (χ2v) is 7.49. The molecule has 142 valence electrons. The van der Waals surface area contributed by atoms with Crippen molar-refractivity contribution in [3.05, 3.63) is 35.9 Å². The van der Waals surface area contributed by atoms with Gasteiger partial charge in [0.1, 0.15) is 6.10 Å². The van der Waals surface area contributed by atoms with Crippen molar-refractivity contribution in [1.82, 2.24) is 5.32 Å². The van der Waals surface area contributed by atoms with E-state index in [0.717, 1.165) is 19.3 Å². The number of unbranched alkanes of at least 4 members (excludes halogenated alkanes) is 1. The second kappa shape index (κ2) is 10.2. The summed E-state index contributed by atoms with van der Waals surface area (Å²) >= 11 is 1.69. The minimum Gasteiger partial charge on any atom is -0.469 e. The van der Waals surface area contributed by atoms with Crippen LogP contribution >= 0.6 is 11.8 Å². The van der Waals surface area contributed by atoms with Gasteiger partial charge in [-0.3, -0.25) is 14.4 Å². The lowest BCUT2D eigenvalue weighted by Crippen LogP contribution is -2.46. The largest absolute Gasteiger partial charge is 0.469 e. The van der Waals surface area contributed by atoms with Crippen molar-refractivity contribution in [2.75, 3.05) is 12.9 Å². The summed E-state index contributed by atoms with van der Waals surface area (Å²) in [6, 6.07) is 8.76. The van der Waals surface area contributed by atoms with Gasteiger partial charge >= 0.3 is 11.9 Å². The average molecular weight is 379 g/mol. The number of hydrogen-bond donors (Lipinski definition) is 1. The number of benzene rings is 1. The van der Waals surface area contributed by atoms with Crippen LogP contribution in [0.1, 0.15) is 43.0 Å². The number of nitrogens with one attached hydrogen (secondary N) is 1. The van der Waals surface area contributed by atoms with Gasteiger partial charge in [-0.05, 0) is 25.0 Å². The second-order valence-electron chi connectivity index (χ2n) is 6.21. The molecule has 1 aliphatic heterocycles. The molecule has 3 atom stereocenters. The summed E-state index contributed by atoms with van der Waals surface area (Å²) in [5, 5.41) is 3.10. The quantitative estimate of drug-likeness (QED) is 0.552. The molecule has 0 unspecified atom stereocenters. The number of amides is 1. The van der Waals surface area contributed by atoms with E-state index in [9.17, 15) is 14.4 Å². The van der Waals surface area contributed by atoms with Gasteiger partial charge < -0.3 is 14.8 Å². The van der Waals surface area contributed by atoms with E-state index in [2.05, 4.69) is 10.1 Å². The zero-order chi connectivity index (χ0) is 18.9. The molecular formula is C19H25NO5S. The van der Waals surface area contributed by atoms with Crippen LogP contribution < -0.4 is 5.32 Å². The maximum absolute atomic E-state index is 12.4. The lowest BCUT2D eigenvalue weighted by Gasteiger charge is -2.24. The number of methoxy groups -OCH3 is 1. The number of carbonyl (C=O) groups is 3. The smallest absolute Gasteiger partial charge is 0.305 e. The molecule has 1 aromatic carbocycles. The summed E-state index contributed by atoms with van der Waals surface area (Å²) in [6.45, 7) is 1.38. The molecule has 0 aliphatic carbocycles. The number of esters is 2. The lowest BCUT2D eigenvalue weighted by atomic mass is 10.0. The van der Waals surface area contributed by atoms with Gasteiger partial charge in [-0.25, -0.2) is 0 Å². The van der Waals surface area contributed by atoms with Crippen LogP contribution in [0.15, 0.2) is 30.3 Å². The Labute approximate surface area is 158 Å². The normalized spacial score (nSPS) is 21.8. The van der Waals surface area contributed by atoms with E-state index >= 15 is 0 Å². The van der Waals surface area contributed by atoms with Crippen LogP contribution in [0, 0.1) is 0 Å². The fraction of sp³-hybridized carbons (Fsp3) is 0.526. The van der Waals surface area contributed by atoms with E-state index in [1.54, 1.807) is 23.9 Å². The van der Waals surface area contributed by atoms with Crippen LogP contribution in [0.5, 0.6) is 0 Å². The van der Waals surface area contributed by atoms with Gasteiger partial charge in [0.15, 0.2) is 0 Å². The Morgan fingerprint density at radius 2 is 1.92 bits per heavy atom. The Hall–Kier alpha value is -2.02. The van der Waals surface area contributed by atoms with Gasteiger partial charge in [0, 0.05) is 29.9 Å². The van der Waals surface area contributed by atoms with Crippen LogP contribution in [-0.2, 0) is 19.1 Å². The minimum absolute atomic E-state index is 0.109. The topological polar surface area (TPSA) is 81.7 Å². The Balaban J connectivity index is 1.91. The first kappa shape index (κ1) is 20.3. The maximum Gasteiger partial charge on any atom is 0.305 e. The lowest BCUT2D eigenvalue weighted by molar-refractivity contribution is -0.147. The standard InChI is InChI=1S/C19H25NO5S/c1-13(21)25-18-15(20-19(23)14-8-4-3-5-9-14)12-26-16(18)10-6-7-11-17(22)24-2/h3-5,8-9,15-16,18H,6-7,10-12H2,1-2H3,(H,20,23)/t15-,16-,18-/m0/s1. The van der Waals surface area contributed by atoms with E-state index in [1.165, 1.54) is 14.0 Å². The highest BCUT2D eigenvalue weighted by atomic mass is 32.2. The summed E-state index contributed by atoms with van der Waals surface area (Å²) in [4.78, 5) is 35.1. The van der Waals surface area contributed by atoms with E-state index in [-0.39, 0.29) is 35.2 Å². The first-order valence-corrected chi connectivity index (χ1v) is 9.77. The molecule has 0 saturated carbocycles.